The Morgan fingerprint density at radius 1 is 1.28 bits per heavy atom. The quantitative estimate of drug-likeness (QED) is 0.566. The van der Waals surface area contributed by atoms with Gasteiger partial charge in [0.05, 0.1) is 16.7 Å². The SMILES string of the molecule is C/C(=N\NC(=O)Cn1c(C(F)(F)F)nc2ccccc21)c1cccs1. The van der Waals surface area contributed by atoms with Gasteiger partial charge in [-0.25, -0.2) is 10.4 Å². The summed E-state index contributed by atoms with van der Waals surface area (Å²) in [7, 11) is 0. The van der Waals surface area contributed by atoms with Gasteiger partial charge in [0.1, 0.15) is 6.54 Å². The highest BCUT2D eigenvalue weighted by Crippen LogP contribution is 2.31. The molecule has 0 saturated heterocycles. The largest absolute Gasteiger partial charge is 0.449 e. The molecule has 0 atom stereocenters. The topological polar surface area (TPSA) is 59.3 Å². The lowest BCUT2D eigenvalue weighted by Gasteiger charge is -2.10. The molecule has 0 saturated carbocycles. The van der Waals surface area contributed by atoms with Gasteiger partial charge in [0.2, 0.25) is 5.82 Å². The third-order valence-electron chi connectivity index (χ3n) is 3.44. The van der Waals surface area contributed by atoms with Crippen LogP contribution >= 0.6 is 11.3 Å². The molecule has 0 unspecified atom stereocenters. The van der Waals surface area contributed by atoms with Crippen LogP contribution in [0.15, 0.2) is 46.9 Å². The van der Waals surface area contributed by atoms with Crippen molar-refractivity contribution in [2.75, 3.05) is 0 Å². The van der Waals surface area contributed by atoms with Crippen LogP contribution in [0.5, 0.6) is 0 Å². The molecule has 1 aromatic carbocycles. The van der Waals surface area contributed by atoms with Crippen molar-refractivity contribution in [1.29, 1.82) is 0 Å². The van der Waals surface area contributed by atoms with Crippen molar-refractivity contribution in [3.63, 3.8) is 0 Å². The third kappa shape index (κ3) is 3.71. The molecule has 25 heavy (non-hydrogen) atoms. The van der Waals surface area contributed by atoms with Crippen molar-refractivity contribution < 1.29 is 18.0 Å². The molecule has 0 radical (unpaired) electrons. The standard InChI is InChI=1S/C16H13F3N4OS/c1-10(13-7-4-8-25-13)21-22-14(24)9-23-12-6-3-2-5-11(12)20-15(23)16(17,18)19/h2-8H,9H2,1H3,(H,22,24)/b21-10+. The zero-order chi connectivity index (χ0) is 18.0. The van der Waals surface area contributed by atoms with Crippen molar-refractivity contribution in [2.24, 2.45) is 5.10 Å². The number of imidazole rings is 1. The number of nitrogens with one attached hydrogen (secondary N) is 1. The Morgan fingerprint density at radius 3 is 2.72 bits per heavy atom. The molecular formula is C16H13F3N4OS. The number of carbonyl (C=O) groups excluding carboxylic acids is 1. The molecule has 3 aromatic rings. The molecular weight excluding hydrogens is 353 g/mol. The van der Waals surface area contributed by atoms with Crippen LogP contribution < -0.4 is 5.43 Å². The van der Waals surface area contributed by atoms with E-state index in [-0.39, 0.29) is 11.0 Å². The van der Waals surface area contributed by atoms with Crippen LogP contribution in [0.25, 0.3) is 11.0 Å². The van der Waals surface area contributed by atoms with Gasteiger partial charge in [-0.3, -0.25) is 4.79 Å². The Hall–Kier alpha value is -2.68. The predicted octanol–water partition coefficient (Wildman–Crippen LogP) is 3.66. The molecule has 0 aliphatic rings. The zero-order valence-electron chi connectivity index (χ0n) is 13.0. The Labute approximate surface area is 144 Å². The normalized spacial score (nSPS) is 12.6. The smallest absolute Gasteiger partial charge is 0.311 e. The zero-order valence-corrected chi connectivity index (χ0v) is 13.9. The number of hydrogen-bond acceptors (Lipinski definition) is 4. The van der Waals surface area contributed by atoms with Gasteiger partial charge in [0, 0.05) is 4.88 Å². The Morgan fingerprint density at radius 2 is 2.04 bits per heavy atom. The molecule has 130 valence electrons. The van der Waals surface area contributed by atoms with Crippen LogP contribution in [-0.4, -0.2) is 21.2 Å². The highest BCUT2D eigenvalue weighted by atomic mass is 32.1. The maximum absolute atomic E-state index is 13.2. The lowest BCUT2D eigenvalue weighted by Crippen LogP contribution is -2.26. The fraction of sp³-hybridized carbons (Fsp3) is 0.188. The van der Waals surface area contributed by atoms with Gasteiger partial charge in [0.15, 0.2) is 0 Å². The minimum absolute atomic E-state index is 0.181. The minimum Gasteiger partial charge on any atom is -0.311 e. The number of aromatic nitrogens is 2. The molecule has 9 heteroatoms. The van der Waals surface area contributed by atoms with Gasteiger partial charge in [-0.05, 0) is 30.5 Å². The van der Waals surface area contributed by atoms with Crippen LogP contribution in [-0.2, 0) is 17.5 Å². The molecule has 0 aliphatic carbocycles. The number of fused-ring (bicyclic) bond motifs is 1. The second kappa shape index (κ2) is 6.67. The summed E-state index contributed by atoms with van der Waals surface area (Å²) in [5.74, 6) is -1.77. The van der Waals surface area contributed by atoms with E-state index in [0.29, 0.717) is 5.71 Å². The number of thiophene rings is 1. The van der Waals surface area contributed by atoms with Crippen LogP contribution in [0.1, 0.15) is 17.6 Å². The summed E-state index contributed by atoms with van der Waals surface area (Å²) >= 11 is 1.45. The number of hydrogen-bond donors (Lipinski definition) is 1. The minimum atomic E-state index is -4.66. The average molecular weight is 366 g/mol. The van der Waals surface area contributed by atoms with E-state index in [1.807, 2.05) is 17.5 Å². The summed E-state index contributed by atoms with van der Waals surface area (Å²) in [5.41, 5.74) is 3.29. The molecule has 1 amide bonds. The first-order valence-electron chi connectivity index (χ1n) is 7.26. The summed E-state index contributed by atoms with van der Waals surface area (Å²) < 4.78 is 40.4. The summed E-state index contributed by atoms with van der Waals surface area (Å²) in [6, 6.07) is 9.82. The first-order valence-corrected chi connectivity index (χ1v) is 8.13. The number of para-hydroxylation sites is 2. The predicted molar refractivity (Wildman–Crippen MR) is 89.4 cm³/mol. The first-order chi connectivity index (χ1) is 11.9. The third-order valence-corrected chi connectivity index (χ3v) is 4.41. The number of hydrazone groups is 1. The summed E-state index contributed by atoms with van der Waals surface area (Å²) in [4.78, 5) is 16.5. The highest BCUT2D eigenvalue weighted by molar-refractivity contribution is 7.12. The first kappa shape index (κ1) is 17.2. The van der Waals surface area contributed by atoms with Gasteiger partial charge >= 0.3 is 6.18 Å². The van der Waals surface area contributed by atoms with Crippen molar-refractivity contribution in [1.82, 2.24) is 15.0 Å². The van der Waals surface area contributed by atoms with E-state index in [1.54, 1.807) is 19.1 Å². The number of halogens is 3. The number of rotatable bonds is 4. The van der Waals surface area contributed by atoms with Crippen LogP contribution in [0.3, 0.4) is 0 Å². The van der Waals surface area contributed by atoms with Gasteiger partial charge in [-0.15, -0.1) is 11.3 Å². The van der Waals surface area contributed by atoms with E-state index in [9.17, 15) is 18.0 Å². The number of carbonyl (C=O) groups is 1. The molecule has 0 aliphatic heterocycles. The van der Waals surface area contributed by atoms with Crippen LogP contribution in [0, 0.1) is 0 Å². The number of amides is 1. The van der Waals surface area contributed by atoms with E-state index >= 15 is 0 Å². The maximum atomic E-state index is 13.2. The highest BCUT2D eigenvalue weighted by Gasteiger charge is 2.37. The number of benzene rings is 1. The van der Waals surface area contributed by atoms with E-state index in [0.717, 1.165) is 9.44 Å². The molecule has 0 bridgehead atoms. The van der Waals surface area contributed by atoms with Crippen molar-refractivity contribution >= 4 is 34.0 Å². The molecule has 2 heterocycles. The molecule has 0 fully saturated rings. The van der Waals surface area contributed by atoms with Crippen molar-refractivity contribution in [3.05, 3.63) is 52.5 Å². The molecule has 3 rings (SSSR count). The van der Waals surface area contributed by atoms with Gasteiger partial charge in [-0.1, -0.05) is 18.2 Å². The lowest BCUT2D eigenvalue weighted by molar-refractivity contribution is -0.147. The number of alkyl halides is 3. The Bertz CT molecular complexity index is 929. The van der Waals surface area contributed by atoms with E-state index in [2.05, 4.69) is 15.5 Å². The molecule has 5 nitrogen and oxygen atoms in total. The summed E-state index contributed by atoms with van der Waals surface area (Å²) in [6.07, 6.45) is -4.66. The van der Waals surface area contributed by atoms with Gasteiger partial charge in [0.25, 0.3) is 5.91 Å². The fourth-order valence-corrected chi connectivity index (χ4v) is 2.99. The van der Waals surface area contributed by atoms with E-state index in [4.69, 9.17) is 0 Å². The molecule has 0 spiro atoms. The number of nitrogens with zero attached hydrogens (tertiary/aromatic N) is 3. The molecule has 1 N–H and O–H groups in total. The maximum Gasteiger partial charge on any atom is 0.449 e. The summed E-state index contributed by atoms with van der Waals surface area (Å²) in [6.45, 7) is 1.18. The Balaban J connectivity index is 1.85. The van der Waals surface area contributed by atoms with Crippen molar-refractivity contribution in [3.8, 4) is 0 Å². The lowest BCUT2D eigenvalue weighted by atomic mass is 10.3. The van der Waals surface area contributed by atoms with E-state index < -0.39 is 24.5 Å². The fourth-order valence-electron chi connectivity index (χ4n) is 2.32. The van der Waals surface area contributed by atoms with Crippen LogP contribution in [0.4, 0.5) is 13.2 Å². The van der Waals surface area contributed by atoms with Crippen LogP contribution in [0.2, 0.25) is 0 Å². The molecule has 2 aromatic heterocycles. The Kier molecular flexibility index (Phi) is 4.58. The van der Waals surface area contributed by atoms with Crippen molar-refractivity contribution in [2.45, 2.75) is 19.6 Å². The van der Waals surface area contributed by atoms with E-state index in [1.165, 1.54) is 23.5 Å². The van der Waals surface area contributed by atoms with Gasteiger partial charge < -0.3 is 4.57 Å². The second-order valence-electron chi connectivity index (χ2n) is 5.22. The van der Waals surface area contributed by atoms with Gasteiger partial charge in [-0.2, -0.15) is 18.3 Å². The average Bonchev–Trinajstić information content (AvgIpc) is 3.20. The summed E-state index contributed by atoms with van der Waals surface area (Å²) in [5, 5.41) is 5.80. The second-order valence-corrected chi connectivity index (χ2v) is 6.17. The monoisotopic (exact) mass is 366 g/mol.